The number of hydrogen-bond acceptors (Lipinski definition) is 3. The highest BCUT2D eigenvalue weighted by atomic mass is 16.5. The van der Waals surface area contributed by atoms with E-state index in [0.29, 0.717) is 13.0 Å². The molecule has 0 aliphatic carbocycles. The van der Waals surface area contributed by atoms with Crippen molar-refractivity contribution in [2.24, 2.45) is 5.41 Å². The zero-order valence-electron chi connectivity index (χ0n) is 12.7. The molecule has 1 aromatic carbocycles. The summed E-state index contributed by atoms with van der Waals surface area (Å²) >= 11 is 0. The van der Waals surface area contributed by atoms with Crippen LogP contribution in [0.1, 0.15) is 30.7 Å². The van der Waals surface area contributed by atoms with Gasteiger partial charge in [0.2, 0.25) is 0 Å². The Morgan fingerprint density at radius 2 is 2.19 bits per heavy atom. The van der Waals surface area contributed by atoms with Crippen LogP contribution in [0.3, 0.4) is 0 Å². The van der Waals surface area contributed by atoms with E-state index in [1.54, 1.807) is 0 Å². The summed E-state index contributed by atoms with van der Waals surface area (Å²) in [6, 6.07) is 5.78. The number of pyridine rings is 1. The van der Waals surface area contributed by atoms with E-state index in [-0.39, 0.29) is 23.7 Å². The van der Waals surface area contributed by atoms with Crippen molar-refractivity contribution < 1.29 is 9.84 Å². The lowest BCUT2D eigenvalue weighted by atomic mass is 9.82. The Morgan fingerprint density at radius 1 is 1.43 bits per heavy atom. The van der Waals surface area contributed by atoms with Gasteiger partial charge in [-0.1, -0.05) is 26.0 Å². The Balaban J connectivity index is 2.15. The summed E-state index contributed by atoms with van der Waals surface area (Å²) in [5.74, 6) is 0. The van der Waals surface area contributed by atoms with E-state index in [1.165, 1.54) is 0 Å². The predicted octanol–water partition coefficient (Wildman–Crippen LogP) is 2.30. The molecule has 2 aromatic rings. The molecule has 21 heavy (non-hydrogen) atoms. The van der Waals surface area contributed by atoms with E-state index in [9.17, 15) is 9.90 Å². The van der Waals surface area contributed by atoms with Crippen LogP contribution in [-0.4, -0.2) is 22.8 Å². The van der Waals surface area contributed by atoms with Crippen LogP contribution in [0.2, 0.25) is 0 Å². The molecule has 0 amide bonds. The van der Waals surface area contributed by atoms with Gasteiger partial charge in [0.25, 0.3) is 5.56 Å². The van der Waals surface area contributed by atoms with Crippen molar-refractivity contribution in [2.45, 2.75) is 39.9 Å². The molecular weight excluding hydrogens is 266 g/mol. The highest BCUT2D eigenvalue weighted by Crippen LogP contribution is 2.33. The van der Waals surface area contributed by atoms with Gasteiger partial charge in [-0.15, -0.1) is 0 Å². The number of aliphatic hydroxyl groups is 1. The van der Waals surface area contributed by atoms with Gasteiger partial charge in [-0.3, -0.25) is 4.79 Å². The molecule has 0 unspecified atom stereocenters. The number of aromatic nitrogens is 1. The Kier molecular flexibility index (Phi) is 3.38. The standard InChI is InChI=1S/C17H21NO3/c1-10-5-4-6-11-15(10)12-8-21-14(17(2,3)9-19)7-13(12)18-16(11)20/h4-6,14,19H,7-9H2,1-3H3,(H,18,20)/t14-/m1/s1. The van der Waals surface area contributed by atoms with Gasteiger partial charge >= 0.3 is 0 Å². The second-order valence-electron chi connectivity index (χ2n) is 6.56. The average Bonchev–Trinajstić information content (AvgIpc) is 2.47. The SMILES string of the molecule is Cc1cccc2c(=O)[nH]c3c(c12)CO[C@@H](C(C)(C)CO)C3. The first-order valence-electron chi connectivity index (χ1n) is 7.30. The third kappa shape index (κ3) is 2.28. The van der Waals surface area contributed by atoms with E-state index >= 15 is 0 Å². The summed E-state index contributed by atoms with van der Waals surface area (Å²) < 4.78 is 5.98. The van der Waals surface area contributed by atoms with Crippen LogP contribution in [0.15, 0.2) is 23.0 Å². The van der Waals surface area contributed by atoms with Gasteiger partial charge in [-0.25, -0.2) is 0 Å². The molecule has 2 heterocycles. The fourth-order valence-corrected chi connectivity index (χ4v) is 3.05. The number of benzene rings is 1. The maximum Gasteiger partial charge on any atom is 0.256 e. The summed E-state index contributed by atoms with van der Waals surface area (Å²) in [5, 5.41) is 11.2. The van der Waals surface area contributed by atoms with Crippen LogP contribution < -0.4 is 5.56 Å². The molecule has 0 radical (unpaired) electrons. The van der Waals surface area contributed by atoms with Crippen molar-refractivity contribution in [3.05, 3.63) is 45.4 Å². The molecule has 2 N–H and O–H groups in total. The number of H-pyrrole nitrogens is 1. The maximum atomic E-state index is 12.3. The molecule has 1 aliphatic heterocycles. The molecule has 0 saturated heterocycles. The highest BCUT2D eigenvalue weighted by molar-refractivity contribution is 5.88. The number of aliphatic hydroxyl groups excluding tert-OH is 1. The first-order valence-corrected chi connectivity index (χ1v) is 7.30. The van der Waals surface area contributed by atoms with E-state index in [1.807, 2.05) is 39.0 Å². The van der Waals surface area contributed by atoms with E-state index in [4.69, 9.17) is 4.74 Å². The average molecular weight is 287 g/mol. The number of fused-ring (bicyclic) bond motifs is 3. The van der Waals surface area contributed by atoms with Crippen LogP contribution in [0.5, 0.6) is 0 Å². The molecule has 0 bridgehead atoms. The third-order valence-electron chi connectivity index (χ3n) is 4.55. The van der Waals surface area contributed by atoms with Crippen molar-refractivity contribution in [1.82, 2.24) is 4.98 Å². The zero-order valence-corrected chi connectivity index (χ0v) is 12.7. The van der Waals surface area contributed by atoms with Crippen LogP contribution in [-0.2, 0) is 17.8 Å². The predicted molar refractivity (Wildman–Crippen MR) is 82.5 cm³/mol. The molecule has 0 fully saturated rings. The maximum absolute atomic E-state index is 12.3. The van der Waals surface area contributed by atoms with Crippen molar-refractivity contribution in [3.63, 3.8) is 0 Å². The van der Waals surface area contributed by atoms with Gasteiger partial charge in [0.15, 0.2) is 0 Å². The van der Waals surface area contributed by atoms with E-state index < -0.39 is 0 Å². The molecule has 3 rings (SSSR count). The molecule has 0 spiro atoms. The van der Waals surface area contributed by atoms with Crippen molar-refractivity contribution >= 4 is 10.8 Å². The molecule has 112 valence electrons. The molecule has 1 atom stereocenters. The molecular formula is C17H21NO3. The molecule has 1 aliphatic rings. The molecule has 4 nitrogen and oxygen atoms in total. The van der Waals surface area contributed by atoms with Crippen LogP contribution >= 0.6 is 0 Å². The lowest BCUT2D eigenvalue weighted by Gasteiger charge is -2.36. The number of rotatable bonds is 2. The Labute approximate surface area is 123 Å². The topological polar surface area (TPSA) is 62.3 Å². The third-order valence-corrected chi connectivity index (χ3v) is 4.55. The summed E-state index contributed by atoms with van der Waals surface area (Å²) in [6.07, 6.45) is 0.537. The van der Waals surface area contributed by atoms with Gasteiger partial charge in [-0.05, 0) is 23.9 Å². The minimum absolute atomic E-state index is 0.0464. The van der Waals surface area contributed by atoms with Crippen LogP contribution in [0, 0.1) is 12.3 Å². The second kappa shape index (κ2) is 4.97. The van der Waals surface area contributed by atoms with E-state index in [2.05, 4.69) is 4.98 Å². The van der Waals surface area contributed by atoms with Crippen molar-refractivity contribution in [1.29, 1.82) is 0 Å². The number of ether oxygens (including phenoxy) is 1. The number of nitrogens with one attached hydrogen (secondary N) is 1. The summed E-state index contributed by atoms with van der Waals surface area (Å²) in [4.78, 5) is 15.3. The molecule has 4 heteroatoms. The first kappa shape index (κ1) is 14.3. The quantitative estimate of drug-likeness (QED) is 0.891. The summed E-state index contributed by atoms with van der Waals surface area (Å²) in [7, 11) is 0. The number of hydrogen-bond donors (Lipinski definition) is 2. The second-order valence-corrected chi connectivity index (χ2v) is 6.56. The lowest BCUT2D eigenvalue weighted by Crippen LogP contribution is -2.40. The first-order chi connectivity index (χ1) is 9.94. The molecule has 1 aromatic heterocycles. The Morgan fingerprint density at radius 3 is 2.90 bits per heavy atom. The van der Waals surface area contributed by atoms with Gasteiger partial charge < -0.3 is 14.8 Å². The number of aromatic amines is 1. The van der Waals surface area contributed by atoms with Gasteiger partial charge in [0, 0.05) is 28.5 Å². The fraction of sp³-hybridized carbons (Fsp3) is 0.471. The summed E-state index contributed by atoms with van der Waals surface area (Å²) in [5.41, 5.74) is 2.75. The van der Waals surface area contributed by atoms with Crippen LogP contribution in [0.25, 0.3) is 10.8 Å². The fourth-order valence-electron chi connectivity index (χ4n) is 3.05. The largest absolute Gasteiger partial charge is 0.396 e. The smallest absolute Gasteiger partial charge is 0.256 e. The minimum atomic E-state index is -0.324. The lowest BCUT2D eigenvalue weighted by molar-refractivity contribution is -0.0654. The Bertz CT molecular complexity index is 746. The van der Waals surface area contributed by atoms with Gasteiger partial charge in [0.1, 0.15) is 0 Å². The van der Waals surface area contributed by atoms with Crippen LogP contribution in [0.4, 0.5) is 0 Å². The summed E-state index contributed by atoms with van der Waals surface area (Å²) in [6.45, 7) is 6.51. The van der Waals surface area contributed by atoms with Gasteiger partial charge in [-0.2, -0.15) is 0 Å². The minimum Gasteiger partial charge on any atom is -0.396 e. The van der Waals surface area contributed by atoms with Crippen molar-refractivity contribution in [2.75, 3.05) is 6.61 Å². The monoisotopic (exact) mass is 287 g/mol. The zero-order chi connectivity index (χ0) is 15.2. The van der Waals surface area contributed by atoms with E-state index in [0.717, 1.165) is 27.6 Å². The Hall–Kier alpha value is -1.65. The van der Waals surface area contributed by atoms with Crippen molar-refractivity contribution in [3.8, 4) is 0 Å². The normalized spacial score (nSPS) is 18.8. The molecule has 0 saturated carbocycles. The highest BCUT2D eigenvalue weighted by Gasteiger charge is 2.34. The van der Waals surface area contributed by atoms with Gasteiger partial charge in [0.05, 0.1) is 19.3 Å². The number of aryl methyl sites for hydroxylation is 1.